The van der Waals surface area contributed by atoms with Gasteiger partial charge in [0, 0.05) is 5.50 Å². The average Bonchev–Trinajstić information content (AvgIpc) is 1.95. The van der Waals surface area contributed by atoms with Gasteiger partial charge in [0.1, 0.15) is 0 Å². The largest absolute Gasteiger partial charge is 0.130 e. The van der Waals surface area contributed by atoms with Crippen molar-refractivity contribution in [3.05, 3.63) is 0 Å². The fraction of sp³-hybridized carbons (Fsp3) is 1.00. The lowest BCUT2D eigenvalue weighted by molar-refractivity contribution is 1.17. The molecule has 0 aromatic carbocycles. The molecule has 0 aromatic heterocycles. The first-order chi connectivity index (χ1) is 4.24. The highest BCUT2D eigenvalue weighted by atomic mass is 35.5. The predicted octanol–water partition coefficient (Wildman–Crippen LogP) is 3.27. The van der Waals surface area contributed by atoms with Gasteiger partial charge in [-0.1, -0.05) is 38.9 Å². The van der Waals surface area contributed by atoms with E-state index in [1.807, 2.05) is 0 Å². The molecule has 0 aliphatic carbocycles. The van der Waals surface area contributed by atoms with E-state index in [0.717, 1.165) is 5.50 Å². The zero-order valence-corrected chi connectivity index (χ0v) is 8.46. The van der Waals surface area contributed by atoms with Crippen LogP contribution in [-0.4, -0.2) is 13.6 Å². The second-order valence-corrected chi connectivity index (χ2v) is 8.88. The Morgan fingerprint density at radius 3 is 1.33 bits per heavy atom. The highest BCUT2D eigenvalue weighted by molar-refractivity contribution is 6.85. The molecule has 56 valence electrons. The molecule has 0 amide bonds. The molecule has 0 unspecified atom stereocenters. The van der Waals surface area contributed by atoms with Crippen molar-refractivity contribution in [1.29, 1.82) is 0 Å². The summed E-state index contributed by atoms with van der Waals surface area (Å²) in [6.07, 6.45) is 0. The minimum atomic E-state index is -0.926. The van der Waals surface area contributed by atoms with Crippen molar-refractivity contribution in [2.24, 2.45) is 0 Å². The lowest BCUT2D eigenvalue weighted by Gasteiger charge is -2.24. The van der Waals surface area contributed by atoms with Crippen LogP contribution in [0.4, 0.5) is 0 Å². The number of halogens is 1. The van der Waals surface area contributed by atoms with Gasteiger partial charge in [0.2, 0.25) is 0 Å². The van der Waals surface area contributed by atoms with Crippen molar-refractivity contribution < 1.29 is 0 Å². The van der Waals surface area contributed by atoms with E-state index in [2.05, 4.69) is 20.8 Å². The van der Waals surface area contributed by atoms with Crippen molar-refractivity contribution in [1.82, 2.24) is 0 Å². The van der Waals surface area contributed by atoms with Gasteiger partial charge in [0.05, 0.1) is 8.07 Å². The van der Waals surface area contributed by atoms with Crippen molar-refractivity contribution in [3.8, 4) is 0 Å². The molecule has 0 saturated heterocycles. The van der Waals surface area contributed by atoms with E-state index in [1.54, 1.807) is 0 Å². The summed E-state index contributed by atoms with van der Waals surface area (Å²) in [4.78, 5) is 0. The van der Waals surface area contributed by atoms with Crippen molar-refractivity contribution in [2.45, 2.75) is 38.9 Å². The van der Waals surface area contributed by atoms with Crippen LogP contribution in [0.2, 0.25) is 18.1 Å². The van der Waals surface area contributed by atoms with E-state index in [-0.39, 0.29) is 0 Å². The third-order valence-electron chi connectivity index (χ3n) is 2.53. The van der Waals surface area contributed by atoms with Crippen LogP contribution in [-0.2, 0) is 0 Å². The van der Waals surface area contributed by atoms with Crippen LogP contribution in [0.5, 0.6) is 0 Å². The molecular formula is C7H17ClSi. The van der Waals surface area contributed by atoms with Gasteiger partial charge in [-0.2, -0.15) is 0 Å². The molecule has 0 fully saturated rings. The Labute approximate surface area is 64.6 Å². The van der Waals surface area contributed by atoms with Gasteiger partial charge in [0.15, 0.2) is 0 Å². The van der Waals surface area contributed by atoms with Crippen LogP contribution in [0.3, 0.4) is 0 Å². The Bertz CT molecular complexity index is 51.8. The monoisotopic (exact) mass is 164 g/mol. The van der Waals surface area contributed by atoms with E-state index in [9.17, 15) is 0 Å². The van der Waals surface area contributed by atoms with Crippen molar-refractivity contribution >= 4 is 19.7 Å². The van der Waals surface area contributed by atoms with E-state index < -0.39 is 8.07 Å². The van der Waals surface area contributed by atoms with E-state index >= 15 is 0 Å². The number of hydrogen-bond acceptors (Lipinski definition) is 0. The van der Waals surface area contributed by atoms with Gasteiger partial charge >= 0.3 is 0 Å². The zero-order valence-electron chi connectivity index (χ0n) is 6.71. The lowest BCUT2D eigenvalue weighted by atomic mass is 10.9. The van der Waals surface area contributed by atoms with Crippen LogP contribution < -0.4 is 0 Å². The van der Waals surface area contributed by atoms with Crippen molar-refractivity contribution in [3.63, 3.8) is 0 Å². The minimum absolute atomic E-state index is 0.926. The lowest BCUT2D eigenvalue weighted by Crippen LogP contribution is -2.33. The molecule has 2 heteroatoms. The maximum atomic E-state index is 5.89. The van der Waals surface area contributed by atoms with Crippen LogP contribution in [0.15, 0.2) is 0 Å². The standard InChI is InChI=1S/C7H17ClSi/c1-4-9(5-2,6-3)7-8/h4-7H2,1-3H3. The first-order valence-corrected chi connectivity index (χ1v) is 7.17. The van der Waals surface area contributed by atoms with E-state index in [1.165, 1.54) is 18.1 Å². The summed E-state index contributed by atoms with van der Waals surface area (Å²) in [5.41, 5.74) is 0.955. The number of hydrogen-bond donors (Lipinski definition) is 0. The number of alkyl halides is 1. The Morgan fingerprint density at radius 1 is 1.00 bits per heavy atom. The molecule has 0 heterocycles. The summed E-state index contributed by atoms with van der Waals surface area (Å²) in [5, 5.41) is 0. The average molecular weight is 165 g/mol. The fourth-order valence-corrected chi connectivity index (χ4v) is 4.80. The summed E-state index contributed by atoms with van der Waals surface area (Å²) in [5.74, 6) is 0. The van der Waals surface area contributed by atoms with Gasteiger partial charge in [-0.25, -0.2) is 0 Å². The molecule has 0 rings (SSSR count). The topological polar surface area (TPSA) is 0 Å². The zero-order chi connectivity index (χ0) is 7.33. The first-order valence-electron chi connectivity index (χ1n) is 3.80. The number of rotatable bonds is 4. The SMILES string of the molecule is CC[Si](CC)(CC)CCl. The van der Waals surface area contributed by atoms with Crippen LogP contribution >= 0.6 is 11.6 Å². The third-order valence-corrected chi connectivity index (χ3v) is 9.30. The molecule has 0 N–H and O–H groups in total. The third kappa shape index (κ3) is 2.30. The Balaban J connectivity index is 3.82. The van der Waals surface area contributed by atoms with Crippen LogP contribution in [0, 0.1) is 0 Å². The predicted molar refractivity (Wildman–Crippen MR) is 47.9 cm³/mol. The van der Waals surface area contributed by atoms with E-state index in [4.69, 9.17) is 11.6 Å². The van der Waals surface area contributed by atoms with Crippen LogP contribution in [0.25, 0.3) is 0 Å². The summed E-state index contributed by atoms with van der Waals surface area (Å²) in [6, 6.07) is 4.05. The Hall–Kier alpha value is 0.507. The summed E-state index contributed by atoms with van der Waals surface area (Å²) in [6.45, 7) is 6.84. The van der Waals surface area contributed by atoms with Crippen LogP contribution in [0.1, 0.15) is 20.8 Å². The molecule has 0 bridgehead atoms. The smallest absolute Gasteiger partial charge is 0.0692 e. The maximum Gasteiger partial charge on any atom is 0.0692 e. The fourth-order valence-electron chi connectivity index (χ4n) is 1.03. The highest BCUT2D eigenvalue weighted by Crippen LogP contribution is 2.20. The molecular weight excluding hydrogens is 148 g/mol. The van der Waals surface area contributed by atoms with E-state index in [0.29, 0.717) is 0 Å². The minimum Gasteiger partial charge on any atom is -0.130 e. The molecule has 0 aromatic rings. The Morgan fingerprint density at radius 2 is 1.33 bits per heavy atom. The molecule has 0 spiro atoms. The quantitative estimate of drug-likeness (QED) is 0.442. The highest BCUT2D eigenvalue weighted by Gasteiger charge is 2.24. The van der Waals surface area contributed by atoms with Gasteiger partial charge in [-0.05, 0) is 0 Å². The molecule has 0 aliphatic heterocycles. The molecule has 0 atom stereocenters. The summed E-state index contributed by atoms with van der Waals surface area (Å²) in [7, 11) is -0.926. The van der Waals surface area contributed by atoms with Crippen molar-refractivity contribution in [2.75, 3.05) is 5.50 Å². The van der Waals surface area contributed by atoms with Gasteiger partial charge < -0.3 is 0 Å². The molecule has 0 nitrogen and oxygen atoms in total. The molecule has 0 saturated carbocycles. The maximum absolute atomic E-state index is 5.89. The second-order valence-electron chi connectivity index (χ2n) is 2.69. The van der Waals surface area contributed by atoms with Gasteiger partial charge in [-0.15, -0.1) is 11.6 Å². The second kappa shape index (κ2) is 4.34. The Kier molecular flexibility index (Phi) is 4.59. The summed E-state index contributed by atoms with van der Waals surface area (Å²) < 4.78 is 0. The molecule has 9 heavy (non-hydrogen) atoms. The van der Waals surface area contributed by atoms with Gasteiger partial charge in [-0.3, -0.25) is 0 Å². The normalized spacial score (nSPS) is 12.0. The first kappa shape index (κ1) is 9.51. The molecule has 0 radical (unpaired) electrons. The molecule has 0 aliphatic rings. The van der Waals surface area contributed by atoms with Gasteiger partial charge in [0.25, 0.3) is 0 Å². The summed E-state index contributed by atoms with van der Waals surface area (Å²) >= 11 is 5.89.